The summed E-state index contributed by atoms with van der Waals surface area (Å²) in [6.45, 7) is 0. The average molecular weight is 356 g/mol. The summed E-state index contributed by atoms with van der Waals surface area (Å²) >= 11 is 0.250. The van der Waals surface area contributed by atoms with Crippen molar-refractivity contribution in [1.29, 1.82) is 0 Å². The average Bonchev–Trinajstić information content (AvgIpc) is 1.75. The summed E-state index contributed by atoms with van der Waals surface area (Å²) in [5.41, 5.74) is 0. The molecule has 0 bridgehead atoms. The van der Waals surface area contributed by atoms with Crippen LogP contribution in [0.1, 0.15) is 0 Å². The molecule has 0 spiro atoms. The van der Waals surface area contributed by atoms with Gasteiger partial charge < -0.3 is 10.2 Å². The van der Waals surface area contributed by atoms with Crippen molar-refractivity contribution in [1.82, 2.24) is 0 Å². The van der Waals surface area contributed by atoms with Crippen LogP contribution in [0.5, 0.6) is 0 Å². The summed E-state index contributed by atoms with van der Waals surface area (Å²) in [6, 6.07) is 0. The predicted molar refractivity (Wildman–Crippen MR) is 12.0 cm³/mol. The molecule has 0 radical (unpaired) electrons. The Labute approximate surface area is 103 Å². The van der Waals surface area contributed by atoms with Crippen LogP contribution in [0.25, 0.3) is 0 Å². The molecule has 0 aromatic rings. The molecule has 0 unspecified atom stereocenters. The fraction of sp³-hybridized carbons (Fsp3) is 0. The van der Waals surface area contributed by atoms with Gasteiger partial charge in [0.25, 0.3) is 0 Å². The first-order valence-electron chi connectivity index (χ1n) is 1.23. The molecule has 0 fully saturated rings. The van der Waals surface area contributed by atoms with E-state index in [0.717, 1.165) is 0 Å². The van der Waals surface area contributed by atoms with Gasteiger partial charge in [0.1, 0.15) is 0 Å². The van der Waals surface area contributed by atoms with Crippen LogP contribution in [0.15, 0.2) is 0 Å². The molecule has 5 nitrogen and oxygen atoms in total. The Bertz CT molecular complexity index is 51.6. The fourth-order valence-electron chi connectivity index (χ4n) is 0. The largest absolute Gasteiger partial charge is 0 e. The molecule has 0 aliphatic carbocycles. The van der Waals surface area contributed by atoms with Gasteiger partial charge in [-0.2, -0.15) is 0 Å². The first kappa shape index (κ1) is 30.1. The molecule has 0 atom stereocenters. The summed E-state index contributed by atoms with van der Waals surface area (Å²) in [5.74, 6) is 0. The molecule has 44 valence electrons. The molecule has 0 aliphatic heterocycles. The fourth-order valence-corrected chi connectivity index (χ4v) is 0. The van der Waals surface area contributed by atoms with Gasteiger partial charge in [0.15, 0.2) is 0 Å². The topological polar surface area (TPSA) is 91.7 Å². The van der Waals surface area contributed by atoms with E-state index in [1.54, 1.807) is 0 Å². The standard InChI is InChI=1S/CH2O3.2O.4Zn/c2-1(3)4;;;;;;/h(H2,2,3,4);;;;;;. The summed E-state index contributed by atoms with van der Waals surface area (Å²) in [4.78, 5) is 8.56. The van der Waals surface area contributed by atoms with Gasteiger partial charge in [0.05, 0.1) is 0 Å². The van der Waals surface area contributed by atoms with Gasteiger partial charge in [-0.1, -0.05) is 0 Å². The van der Waals surface area contributed by atoms with Gasteiger partial charge in [0.2, 0.25) is 0 Å². The first-order chi connectivity index (χ1) is 3.73. The number of rotatable bonds is 0. The molecular weight excluding hydrogens is 354 g/mol. The molecule has 0 aliphatic rings. The first-order valence-corrected chi connectivity index (χ1v) is 3.65. The third-order valence-electron chi connectivity index (χ3n) is 0. The van der Waals surface area contributed by atoms with Crippen molar-refractivity contribution in [3.63, 3.8) is 0 Å². The zero-order chi connectivity index (χ0) is 7.58. The van der Waals surface area contributed by atoms with Crippen LogP contribution in [0, 0.1) is 0 Å². The third-order valence-corrected chi connectivity index (χ3v) is 0. The van der Waals surface area contributed by atoms with E-state index in [2.05, 4.69) is 0 Å². The summed E-state index contributed by atoms with van der Waals surface area (Å²) in [6.07, 6.45) is -1.83. The van der Waals surface area contributed by atoms with Crippen molar-refractivity contribution < 1.29 is 97.6 Å². The molecule has 0 heterocycles. The van der Waals surface area contributed by atoms with Crippen molar-refractivity contribution >= 4 is 6.16 Å². The predicted octanol–water partition coefficient (Wildman–Crippen LogP) is -0.0252. The normalized spacial score (nSPS) is 3.60. The van der Waals surface area contributed by atoms with E-state index in [1.807, 2.05) is 0 Å². The van der Waals surface area contributed by atoms with Gasteiger partial charge in [-0.25, -0.2) is 4.79 Å². The second kappa shape index (κ2) is 47.7. The van der Waals surface area contributed by atoms with E-state index in [9.17, 15) is 0 Å². The molecule has 0 amide bonds. The van der Waals surface area contributed by atoms with Crippen molar-refractivity contribution in [2.24, 2.45) is 0 Å². The van der Waals surface area contributed by atoms with Gasteiger partial charge in [0, 0.05) is 39.0 Å². The Hall–Kier alpha value is 1.36. The van der Waals surface area contributed by atoms with Crippen molar-refractivity contribution in [2.75, 3.05) is 0 Å². The van der Waals surface area contributed by atoms with E-state index in [1.165, 1.54) is 0 Å². The molecular formula is CH2O5Zn4. The Morgan fingerprint density at radius 3 is 0.900 bits per heavy atom. The van der Waals surface area contributed by atoms with E-state index in [-0.39, 0.29) is 75.5 Å². The summed E-state index contributed by atoms with van der Waals surface area (Å²) < 4.78 is 16.8. The van der Waals surface area contributed by atoms with Crippen LogP contribution >= 0.6 is 0 Å². The third kappa shape index (κ3) is 352. The second-order valence-electron chi connectivity index (χ2n) is 0.283. The van der Waals surface area contributed by atoms with Crippen LogP contribution in [0.4, 0.5) is 4.79 Å². The van der Waals surface area contributed by atoms with Crippen molar-refractivity contribution in [3.05, 3.63) is 0 Å². The molecule has 10 heavy (non-hydrogen) atoms. The van der Waals surface area contributed by atoms with Crippen LogP contribution in [0.3, 0.4) is 0 Å². The molecule has 9 heteroatoms. The summed E-state index contributed by atoms with van der Waals surface area (Å²) in [7, 11) is 0. The Morgan fingerprint density at radius 1 is 0.900 bits per heavy atom. The monoisotopic (exact) mass is 350 g/mol. The molecule has 2 N–H and O–H groups in total. The molecule has 0 saturated heterocycles. The second-order valence-corrected chi connectivity index (χ2v) is 0.283. The van der Waals surface area contributed by atoms with Gasteiger partial charge in [-0.3, -0.25) is 0 Å². The zero-order valence-corrected chi connectivity index (χ0v) is 17.3. The maximum atomic E-state index is 8.56. The molecule has 0 saturated carbocycles. The minimum atomic E-state index is -1.83. The van der Waals surface area contributed by atoms with E-state index in [4.69, 9.17) is 22.2 Å². The minimum absolute atomic E-state index is 0. The van der Waals surface area contributed by atoms with Crippen LogP contribution < -0.4 is 0 Å². The minimum Gasteiger partial charge on any atom is 0 e. The van der Waals surface area contributed by atoms with Gasteiger partial charge >= 0.3 is 49.8 Å². The van der Waals surface area contributed by atoms with Crippen molar-refractivity contribution in [3.8, 4) is 0 Å². The van der Waals surface area contributed by atoms with Crippen LogP contribution in [-0.2, 0) is 82.6 Å². The van der Waals surface area contributed by atoms with Crippen molar-refractivity contribution in [2.45, 2.75) is 0 Å². The maximum Gasteiger partial charge on any atom is 0 e. The summed E-state index contributed by atoms with van der Waals surface area (Å²) in [5, 5.41) is 13.9. The van der Waals surface area contributed by atoms with Crippen LogP contribution in [0.2, 0.25) is 0 Å². The molecule has 0 aromatic carbocycles. The SMILES string of the molecule is O=C(O)O.[O]=[Zn].[O]=[Zn].[Zn].[Zn]. The number of carboxylic acid groups (broad SMARTS) is 2. The molecule has 0 aromatic heterocycles. The van der Waals surface area contributed by atoms with Crippen LogP contribution in [-0.4, -0.2) is 16.4 Å². The van der Waals surface area contributed by atoms with E-state index < -0.39 is 6.16 Å². The zero-order valence-electron chi connectivity index (χ0n) is 5.45. The van der Waals surface area contributed by atoms with Gasteiger partial charge in [-0.15, -0.1) is 0 Å². The smallest absolute Gasteiger partial charge is 0 e. The number of hydrogen-bond donors (Lipinski definition) is 2. The number of hydrogen-bond acceptors (Lipinski definition) is 3. The Kier molecular flexibility index (Phi) is 144. The quantitative estimate of drug-likeness (QED) is 0.596. The van der Waals surface area contributed by atoms with Gasteiger partial charge in [-0.05, 0) is 0 Å². The maximum absolute atomic E-state index is 8.56. The molecule has 0 rings (SSSR count). The number of carbonyl (C=O) groups is 1. The Balaban J connectivity index is -0.0000000125. The Morgan fingerprint density at radius 2 is 0.900 bits per heavy atom. The van der Waals surface area contributed by atoms with E-state index in [0.29, 0.717) is 0 Å². The van der Waals surface area contributed by atoms with E-state index >= 15 is 0 Å².